The lowest BCUT2D eigenvalue weighted by Crippen LogP contribution is -2.53. The van der Waals surface area contributed by atoms with Crippen molar-refractivity contribution in [3.05, 3.63) is 35.0 Å². The summed E-state index contributed by atoms with van der Waals surface area (Å²) in [7, 11) is 4.23. The molecule has 3 rings (SSSR count). The number of hydrogen-bond acceptors (Lipinski definition) is 4. The first-order chi connectivity index (χ1) is 10.1. The van der Waals surface area contributed by atoms with Gasteiger partial charge in [0.1, 0.15) is 5.76 Å². The van der Waals surface area contributed by atoms with Crippen LogP contribution in [0.15, 0.2) is 28.7 Å². The molecule has 1 aromatic heterocycles. The second-order valence-electron chi connectivity index (χ2n) is 6.11. The number of halogens is 1. The molecule has 1 atom stereocenters. The minimum atomic E-state index is -0.0431. The zero-order valence-electron chi connectivity index (χ0n) is 12.5. The van der Waals surface area contributed by atoms with Gasteiger partial charge in [0, 0.05) is 10.9 Å². The number of benzene rings is 1. The van der Waals surface area contributed by atoms with E-state index in [-0.39, 0.29) is 11.6 Å². The minimum Gasteiger partial charge on any atom is -0.458 e. The smallest absolute Gasteiger partial charge is 0.152 e. The third-order valence-corrected chi connectivity index (χ3v) is 5.16. The number of nitrogens with two attached hydrogens (primary N) is 1. The Bertz CT molecular complexity index is 631. The summed E-state index contributed by atoms with van der Waals surface area (Å²) >= 11 is 6.22. The highest BCUT2D eigenvalue weighted by Crippen LogP contribution is 2.44. The summed E-state index contributed by atoms with van der Waals surface area (Å²) in [6.07, 6.45) is 4.66. The highest BCUT2D eigenvalue weighted by atomic mass is 35.5. The zero-order chi connectivity index (χ0) is 15.0. The van der Waals surface area contributed by atoms with Gasteiger partial charge in [0.25, 0.3) is 0 Å². The standard InChI is InChI=1S/C16H22ClN3O/c1-20(2)16(8-3-4-9-16)15(19-18)13-10-11-6-5-7-12(17)14(11)21-13/h5-7,10,15,19H,3-4,8-9,18H2,1-2H3. The fourth-order valence-corrected chi connectivity index (χ4v) is 3.89. The molecule has 0 saturated heterocycles. The van der Waals surface area contributed by atoms with Crippen LogP contribution in [-0.2, 0) is 0 Å². The molecule has 21 heavy (non-hydrogen) atoms. The van der Waals surface area contributed by atoms with Crippen molar-refractivity contribution in [3.63, 3.8) is 0 Å². The molecule has 3 N–H and O–H groups in total. The third-order valence-electron chi connectivity index (χ3n) is 4.86. The van der Waals surface area contributed by atoms with E-state index in [1.807, 2.05) is 18.2 Å². The maximum absolute atomic E-state index is 6.22. The Morgan fingerprint density at radius 1 is 1.33 bits per heavy atom. The Morgan fingerprint density at radius 3 is 2.62 bits per heavy atom. The largest absolute Gasteiger partial charge is 0.458 e. The third kappa shape index (κ3) is 2.36. The second-order valence-corrected chi connectivity index (χ2v) is 6.52. The van der Waals surface area contributed by atoms with Crippen molar-refractivity contribution >= 4 is 22.6 Å². The van der Waals surface area contributed by atoms with Crippen molar-refractivity contribution in [2.24, 2.45) is 5.84 Å². The van der Waals surface area contributed by atoms with Gasteiger partial charge in [0.15, 0.2) is 5.58 Å². The number of para-hydroxylation sites is 1. The molecule has 1 aliphatic rings. The first kappa shape index (κ1) is 14.9. The van der Waals surface area contributed by atoms with Crippen LogP contribution < -0.4 is 11.3 Å². The molecule has 114 valence electrons. The predicted molar refractivity (Wildman–Crippen MR) is 86.2 cm³/mol. The molecule has 0 radical (unpaired) electrons. The molecular formula is C16H22ClN3O. The highest BCUT2D eigenvalue weighted by molar-refractivity contribution is 6.34. The summed E-state index contributed by atoms with van der Waals surface area (Å²) in [6, 6.07) is 7.80. The second kappa shape index (κ2) is 5.61. The molecule has 5 heteroatoms. The summed E-state index contributed by atoms with van der Waals surface area (Å²) in [4.78, 5) is 2.28. The van der Waals surface area contributed by atoms with Crippen LogP contribution in [0.1, 0.15) is 37.5 Å². The number of fused-ring (bicyclic) bond motifs is 1. The van der Waals surface area contributed by atoms with Gasteiger partial charge in [-0.1, -0.05) is 36.6 Å². The van der Waals surface area contributed by atoms with E-state index in [4.69, 9.17) is 21.9 Å². The lowest BCUT2D eigenvalue weighted by Gasteiger charge is -2.41. The monoisotopic (exact) mass is 307 g/mol. The molecule has 1 saturated carbocycles. The van der Waals surface area contributed by atoms with E-state index in [0.717, 1.165) is 29.6 Å². The SMILES string of the molecule is CN(C)C1(C(NN)c2cc3cccc(Cl)c3o2)CCCC1. The fourth-order valence-electron chi connectivity index (χ4n) is 3.67. The number of likely N-dealkylation sites (N-methyl/N-ethyl adjacent to an activating group) is 1. The molecular weight excluding hydrogens is 286 g/mol. The number of furan rings is 1. The van der Waals surface area contributed by atoms with Gasteiger partial charge in [-0.3, -0.25) is 5.84 Å². The maximum atomic E-state index is 6.22. The summed E-state index contributed by atoms with van der Waals surface area (Å²) in [5.74, 6) is 6.76. The van der Waals surface area contributed by atoms with Gasteiger partial charge in [-0.05, 0) is 39.1 Å². The number of hydrazine groups is 1. The average Bonchev–Trinajstić information content (AvgIpc) is 3.08. The summed E-state index contributed by atoms with van der Waals surface area (Å²) in [6.45, 7) is 0. The summed E-state index contributed by atoms with van der Waals surface area (Å²) in [5, 5.41) is 1.66. The van der Waals surface area contributed by atoms with Crippen LogP contribution in [0.3, 0.4) is 0 Å². The average molecular weight is 308 g/mol. The molecule has 0 aliphatic heterocycles. The van der Waals surface area contributed by atoms with E-state index in [2.05, 4.69) is 30.5 Å². The molecule has 1 fully saturated rings. The van der Waals surface area contributed by atoms with E-state index in [1.54, 1.807) is 0 Å². The number of hydrogen-bond donors (Lipinski definition) is 2. The Morgan fingerprint density at radius 2 is 2.05 bits per heavy atom. The molecule has 1 aromatic carbocycles. The van der Waals surface area contributed by atoms with Gasteiger partial charge in [-0.15, -0.1) is 0 Å². The maximum Gasteiger partial charge on any atom is 0.152 e. The number of nitrogens with zero attached hydrogens (tertiary/aromatic N) is 1. The Balaban J connectivity index is 2.07. The quantitative estimate of drug-likeness (QED) is 0.671. The van der Waals surface area contributed by atoms with Gasteiger partial charge in [0.05, 0.1) is 11.1 Å². The van der Waals surface area contributed by atoms with Crippen LogP contribution in [0.4, 0.5) is 0 Å². The summed E-state index contributed by atoms with van der Waals surface area (Å²) < 4.78 is 6.04. The van der Waals surface area contributed by atoms with Gasteiger partial charge in [-0.2, -0.15) is 0 Å². The Kier molecular flexibility index (Phi) is 3.97. The van der Waals surface area contributed by atoms with Crippen LogP contribution in [0.25, 0.3) is 11.0 Å². The van der Waals surface area contributed by atoms with Gasteiger partial charge < -0.3 is 9.32 Å². The summed E-state index contributed by atoms with van der Waals surface area (Å²) in [5.41, 5.74) is 3.72. The van der Waals surface area contributed by atoms with Crippen molar-refractivity contribution in [1.29, 1.82) is 0 Å². The minimum absolute atomic E-state index is 0.00486. The van der Waals surface area contributed by atoms with Crippen LogP contribution in [0.5, 0.6) is 0 Å². The van der Waals surface area contributed by atoms with E-state index in [9.17, 15) is 0 Å². The van der Waals surface area contributed by atoms with Crippen molar-refractivity contribution in [3.8, 4) is 0 Å². The van der Waals surface area contributed by atoms with Gasteiger partial charge in [-0.25, -0.2) is 5.43 Å². The van der Waals surface area contributed by atoms with Gasteiger partial charge in [0.2, 0.25) is 0 Å². The molecule has 1 unspecified atom stereocenters. The Hall–Kier alpha value is -1.07. The van der Waals surface area contributed by atoms with Crippen molar-refractivity contribution in [2.75, 3.05) is 14.1 Å². The molecule has 1 heterocycles. The fraction of sp³-hybridized carbons (Fsp3) is 0.500. The number of nitrogens with one attached hydrogen (secondary N) is 1. The Labute approximate surface area is 130 Å². The van der Waals surface area contributed by atoms with Crippen LogP contribution in [0.2, 0.25) is 5.02 Å². The molecule has 4 nitrogen and oxygen atoms in total. The van der Waals surface area contributed by atoms with Crippen molar-refractivity contribution in [1.82, 2.24) is 10.3 Å². The van der Waals surface area contributed by atoms with Crippen molar-refractivity contribution < 1.29 is 4.42 Å². The van der Waals surface area contributed by atoms with Crippen LogP contribution >= 0.6 is 11.6 Å². The van der Waals surface area contributed by atoms with E-state index in [0.29, 0.717) is 5.02 Å². The lowest BCUT2D eigenvalue weighted by atomic mass is 9.85. The highest BCUT2D eigenvalue weighted by Gasteiger charge is 2.45. The molecule has 0 amide bonds. The first-order valence-corrected chi connectivity index (χ1v) is 7.78. The molecule has 2 aromatic rings. The normalized spacial score (nSPS) is 19.5. The van der Waals surface area contributed by atoms with E-state index < -0.39 is 0 Å². The van der Waals surface area contributed by atoms with Crippen molar-refractivity contribution in [2.45, 2.75) is 37.3 Å². The molecule has 0 bridgehead atoms. The first-order valence-electron chi connectivity index (χ1n) is 7.40. The lowest BCUT2D eigenvalue weighted by molar-refractivity contribution is 0.0943. The van der Waals surface area contributed by atoms with E-state index in [1.165, 1.54) is 12.8 Å². The topological polar surface area (TPSA) is 54.4 Å². The van der Waals surface area contributed by atoms with Gasteiger partial charge >= 0.3 is 0 Å². The predicted octanol–water partition coefficient (Wildman–Crippen LogP) is 3.47. The molecule has 0 spiro atoms. The zero-order valence-corrected chi connectivity index (χ0v) is 13.3. The van der Waals surface area contributed by atoms with Crippen LogP contribution in [-0.4, -0.2) is 24.5 Å². The van der Waals surface area contributed by atoms with E-state index >= 15 is 0 Å². The number of rotatable bonds is 4. The molecule has 1 aliphatic carbocycles. The van der Waals surface area contributed by atoms with Crippen LogP contribution in [0, 0.1) is 0 Å².